The molecular weight excluding hydrogens is 212 g/mol. The number of nitrogens with zero attached hydrogens (tertiary/aromatic N) is 1. The standard InChI is InChI=1S/C14H30N2O/c1-5-8-15-12(2)11-13(3)16-9-6-14(17-4)7-10-16/h12-15H,5-11H2,1-4H3. The number of hydrogen-bond acceptors (Lipinski definition) is 3. The Labute approximate surface area is 107 Å². The summed E-state index contributed by atoms with van der Waals surface area (Å²) in [7, 11) is 1.83. The lowest BCUT2D eigenvalue weighted by atomic mass is 10.0. The lowest BCUT2D eigenvalue weighted by Gasteiger charge is -2.36. The molecule has 1 fully saturated rings. The van der Waals surface area contributed by atoms with Crippen LogP contribution in [0.4, 0.5) is 0 Å². The quantitative estimate of drug-likeness (QED) is 0.741. The van der Waals surface area contributed by atoms with Gasteiger partial charge in [-0.3, -0.25) is 0 Å². The number of rotatable bonds is 7. The first-order chi connectivity index (χ1) is 8.17. The Balaban J connectivity index is 2.21. The van der Waals surface area contributed by atoms with Crippen LogP contribution in [0.1, 0.15) is 46.5 Å². The molecular formula is C14H30N2O. The van der Waals surface area contributed by atoms with Gasteiger partial charge in [0.1, 0.15) is 0 Å². The van der Waals surface area contributed by atoms with Crippen molar-refractivity contribution in [3.63, 3.8) is 0 Å². The van der Waals surface area contributed by atoms with E-state index in [0.717, 1.165) is 6.54 Å². The molecule has 0 aromatic rings. The zero-order valence-electron chi connectivity index (χ0n) is 12.0. The minimum atomic E-state index is 0.495. The highest BCUT2D eigenvalue weighted by atomic mass is 16.5. The summed E-state index contributed by atoms with van der Waals surface area (Å²) in [5.74, 6) is 0. The summed E-state index contributed by atoms with van der Waals surface area (Å²) in [6.45, 7) is 10.4. The van der Waals surface area contributed by atoms with Gasteiger partial charge < -0.3 is 15.0 Å². The predicted octanol–water partition coefficient (Wildman–Crippen LogP) is 2.26. The molecule has 0 radical (unpaired) electrons. The Bertz CT molecular complexity index is 191. The summed E-state index contributed by atoms with van der Waals surface area (Å²) in [4.78, 5) is 2.61. The van der Waals surface area contributed by atoms with Gasteiger partial charge in [0.25, 0.3) is 0 Å². The first kappa shape index (κ1) is 14.9. The van der Waals surface area contributed by atoms with Gasteiger partial charge in [0.05, 0.1) is 6.10 Å². The molecule has 1 aliphatic rings. The summed E-state index contributed by atoms with van der Waals surface area (Å²) in [6, 6.07) is 1.32. The van der Waals surface area contributed by atoms with E-state index in [2.05, 4.69) is 31.0 Å². The van der Waals surface area contributed by atoms with Crippen molar-refractivity contribution in [1.29, 1.82) is 0 Å². The second-order valence-corrected chi connectivity index (χ2v) is 5.41. The van der Waals surface area contributed by atoms with Gasteiger partial charge in [-0.25, -0.2) is 0 Å². The molecule has 2 unspecified atom stereocenters. The Morgan fingerprint density at radius 3 is 2.47 bits per heavy atom. The number of ether oxygens (including phenoxy) is 1. The molecule has 0 spiro atoms. The van der Waals surface area contributed by atoms with Gasteiger partial charge >= 0.3 is 0 Å². The molecule has 3 nitrogen and oxygen atoms in total. The molecule has 1 aliphatic heterocycles. The maximum absolute atomic E-state index is 5.41. The number of likely N-dealkylation sites (tertiary alicyclic amines) is 1. The molecule has 0 aromatic carbocycles. The van der Waals surface area contributed by atoms with Crippen molar-refractivity contribution in [2.24, 2.45) is 0 Å². The molecule has 1 rings (SSSR count). The van der Waals surface area contributed by atoms with Gasteiger partial charge in [-0.1, -0.05) is 6.92 Å². The summed E-state index contributed by atoms with van der Waals surface area (Å²) in [5.41, 5.74) is 0. The fraction of sp³-hybridized carbons (Fsp3) is 1.00. The Hall–Kier alpha value is -0.120. The Kier molecular flexibility index (Phi) is 7.09. The van der Waals surface area contributed by atoms with E-state index in [1.165, 1.54) is 38.8 Å². The van der Waals surface area contributed by atoms with E-state index in [4.69, 9.17) is 4.74 Å². The summed E-state index contributed by atoms with van der Waals surface area (Å²) in [6.07, 6.45) is 5.35. The number of piperidine rings is 1. The number of hydrogen-bond donors (Lipinski definition) is 1. The van der Waals surface area contributed by atoms with E-state index in [1.807, 2.05) is 7.11 Å². The molecule has 1 heterocycles. The van der Waals surface area contributed by atoms with Crippen LogP contribution in [0.3, 0.4) is 0 Å². The molecule has 0 amide bonds. The lowest BCUT2D eigenvalue weighted by molar-refractivity contribution is 0.0274. The van der Waals surface area contributed by atoms with E-state index in [9.17, 15) is 0 Å². The normalized spacial score (nSPS) is 22.6. The van der Waals surface area contributed by atoms with Gasteiger partial charge in [-0.15, -0.1) is 0 Å². The van der Waals surface area contributed by atoms with E-state index < -0.39 is 0 Å². The molecule has 0 aromatic heterocycles. The van der Waals surface area contributed by atoms with Crippen molar-refractivity contribution in [2.75, 3.05) is 26.7 Å². The molecule has 1 saturated heterocycles. The van der Waals surface area contributed by atoms with Gasteiger partial charge in [-0.05, 0) is 46.1 Å². The first-order valence-electron chi connectivity index (χ1n) is 7.17. The van der Waals surface area contributed by atoms with Gasteiger partial charge in [0.15, 0.2) is 0 Å². The van der Waals surface area contributed by atoms with Crippen LogP contribution in [-0.2, 0) is 4.74 Å². The number of methoxy groups -OCH3 is 1. The molecule has 0 saturated carbocycles. The average Bonchev–Trinajstić information content (AvgIpc) is 2.36. The smallest absolute Gasteiger partial charge is 0.0595 e. The highest BCUT2D eigenvalue weighted by molar-refractivity contribution is 4.78. The van der Waals surface area contributed by atoms with Crippen LogP contribution in [0.5, 0.6) is 0 Å². The molecule has 0 aliphatic carbocycles. The van der Waals surface area contributed by atoms with Crippen molar-refractivity contribution >= 4 is 0 Å². The van der Waals surface area contributed by atoms with Crippen molar-refractivity contribution in [1.82, 2.24) is 10.2 Å². The molecule has 2 atom stereocenters. The van der Waals surface area contributed by atoms with Crippen molar-refractivity contribution in [3.8, 4) is 0 Å². The fourth-order valence-corrected chi connectivity index (χ4v) is 2.69. The van der Waals surface area contributed by atoms with Crippen LogP contribution in [-0.4, -0.2) is 49.8 Å². The van der Waals surface area contributed by atoms with Crippen LogP contribution in [0.15, 0.2) is 0 Å². The van der Waals surface area contributed by atoms with Gasteiger partial charge in [0, 0.05) is 32.3 Å². The minimum Gasteiger partial charge on any atom is -0.381 e. The van der Waals surface area contributed by atoms with Crippen molar-refractivity contribution in [2.45, 2.75) is 64.6 Å². The zero-order chi connectivity index (χ0) is 12.7. The zero-order valence-corrected chi connectivity index (χ0v) is 12.0. The minimum absolute atomic E-state index is 0.495. The monoisotopic (exact) mass is 242 g/mol. The molecule has 3 heteroatoms. The van der Waals surface area contributed by atoms with E-state index >= 15 is 0 Å². The first-order valence-corrected chi connectivity index (χ1v) is 7.17. The van der Waals surface area contributed by atoms with Crippen molar-refractivity contribution in [3.05, 3.63) is 0 Å². The molecule has 102 valence electrons. The van der Waals surface area contributed by atoms with Crippen LogP contribution in [0, 0.1) is 0 Å². The average molecular weight is 242 g/mol. The summed E-state index contributed by atoms with van der Waals surface area (Å²) in [5, 5.41) is 3.57. The lowest BCUT2D eigenvalue weighted by Crippen LogP contribution is -2.44. The highest BCUT2D eigenvalue weighted by Crippen LogP contribution is 2.17. The SMILES string of the molecule is CCCNC(C)CC(C)N1CCC(OC)CC1. The third kappa shape index (κ3) is 5.36. The van der Waals surface area contributed by atoms with Crippen LogP contribution < -0.4 is 5.32 Å². The molecule has 1 N–H and O–H groups in total. The maximum Gasteiger partial charge on any atom is 0.0595 e. The topological polar surface area (TPSA) is 24.5 Å². The van der Waals surface area contributed by atoms with Crippen LogP contribution >= 0.6 is 0 Å². The van der Waals surface area contributed by atoms with Crippen LogP contribution in [0.25, 0.3) is 0 Å². The van der Waals surface area contributed by atoms with E-state index in [0.29, 0.717) is 18.2 Å². The largest absolute Gasteiger partial charge is 0.381 e. The second kappa shape index (κ2) is 8.06. The second-order valence-electron chi connectivity index (χ2n) is 5.41. The fourth-order valence-electron chi connectivity index (χ4n) is 2.69. The van der Waals surface area contributed by atoms with Gasteiger partial charge in [-0.2, -0.15) is 0 Å². The summed E-state index contributed by atoms with van der Waals surface area (Å²) >= 11 is 0. The Morgan fingerprint density at radius 1 is 1.29 bits per heavy atom. The summed E-state index contributed by atoms with van der Waals surface area (Å²) < 4.78 is 5.41. The van der Waals surface area contributed by atoms with Crippen molar-refractivity contribution < 1.29 is 4.74 Å². The predicted molar refractivity (Wildman–Crippen MR) is 73.4 cm³/mol. The third-order valence-electron chi connectivity index (χ3n) is 3.87. The van der Waals surface area contributed by atoms with Crippen LogP contribution in [0.2, 0.25) is 0 Å². The Morgan fingerprint density at radius 2 is 1.94 bits per heavy atom. The number of nitrogens with one attached hydrogen (secondary N) is 1. The molecule has 17 heavy (non-hydrogen) atoms. The molecule has 0 bridgehead atoms. The van der Waals surface area contributed by atoms with E-state index in [1.54, 1.807) is 0 Å². The maximum atomic E-state index is 5.41. The van der Waals surface area contributed by atoms with Gasteiger partial charge in [0.2, 0.25) is 0 Å². The van der Waals surface area contributed by atoms with E-state index in [-0.39, 0.29) is 0 Å². The third-order valence-corrected chi connectivity index (χ3v) is 3.87. The highest BCUT2D eigenvalue weighted by Gasteiger charge is 2.23.